The highest BCUT2D eigenvalue weighted by atomic mass is 19.1. The minimum absolute atomic E-state index is 0.107. The molecular weight excluding hydrogens is 249 g/mol. The van der Waals surface area contributed by atoms with Gasteiger partial charge in [-0.1, -0.05) is 56.3 Å². The molecule has 0 radical (unpaired) electrons. The van der Waals surface area contributed by atoms with Gasteiger partial charge in [0.2, 0.25) is 0 Å². The Labute approximate surface area is 120 Å². The van der Waals surface area contributed by atoms with Gasteiger partial charge in [0.15, 0.2) is 0 Å². The molecule has 20 heavy (non-hydrogen) atoms. The summed E-state index contributed by atoms with van der Waals surface area (Å²) >= 11 is 0. The third kappa shape index (κ3) is 3.45. The van der Waals surface area contributed by atoms with E-state index in [4.69, 9.17) is 0 Å². The molecule has 0 amide bonds. The summed E-state index contributed by atoms with van der Waals surface area (Å²) in [4.78, 5) is 0. The molecule has 2 heteroatoms. The Morgan fingerprint density at radius 2 is 1.65 bits per heavy atom. The molecule has 1 atom stereocenters. The first-order valence-electron chi connectivity index (χ1n) is 7.12. The van der Waals surface area contributed by atoms with Crippen LogP contribution in [0.25, 0.3) is 0 Å². The Hall–Kier alpha value is -1.67. The maximum absolute atomic E-state index is 13.9. The van der Waals surface area contributed by atoms with Crippen LogP contribution in [0.3, 0.4) is 0 Å². The molecule has 2 rings (SSSR count). The molecule has 0 aliphatic rings. The van der Waals surface area contributed by atoms with Crippen LogP contribution >= 0.6 is 0 Å². The van der Waals surface area contributed by atoms with Crippen LogP contribution < -0.4 is 5.32 Å². The smallest absolute Gasteiger partial charge is 0.128 e. The summed E-state index contributed by atoms with van der Waals surface area (Å²) in [5.74, 6) is 0.477. The average Bonchev–Trinajstić information content (AvgIpc) is 2.43. The minimum Gasteiger partial charge on any atom is -0.309 e. The van der Waals surface area contributed by atoms with Crippen molar-refractivity contribution < 1.29 is 4.39 Å². The lowest BCUT2D eigenvalue weighted by atomic mass is 9.95. The van der Waals surface area contributed by atoms with Gasteiger partial charge < -0.3 is 5.32 Å². The number of benzene rings is 2. The van der Waals surface area contributed by atoms with Crippen molar-refractivity contribution in [3.8, 4) is 0 Å². The topological polar surface area (TPSA) is 12.0 Å². The van der Waals surface area contributed by atoms with Crippen LogP contribution in [0, 0.1) is 11.7 Å². The fourth-order valence-electron chi connectivity index (χ4n) is 2.53. The molecule has 0 aromatic heterocycles. The zero-order valence-corrected chi connectivity index (χ0v) is 12.4. The van der Waals surface area contributed by atoms with Gasteiger partial charge in [-0.2, -0.15) is 0 Å². The van der Waals surface area contributed by atoms with Crippen LogP contribution in [0.15, 0.2) is 48.5 Å². The van der Waals surface area contributed by atoms with E-state index in [0.29, 0.717) is 11.5 Å². The van der Waals surface area contributed by atoms with E-state index in [-0.39, 0.29) is 11.9 Å². The predicted molar refractivity (Wildman–Crippen MR) is 82.3 cm³/mol. The molecule has 0 aliphatic carbocycles. The normalized spacial score (nSPS) is 12.7. The molecule has 1 unspecified atom stereocenters. The second-order valence-corrected chi connectivity index (χ2v) is 5.58. The van der Waals surface area contributed by atoms with E-state index in [9.17, 15) is 4.39 Å². The Balaban J connectivity index is 2.26. The largest absolute Gasteiger partial charge is 0.309 e. The van der Waals surface area contributed by atoms with Crippen LogP contribution in [-0.2, 0) is 6.42 Å². The fourth-order valence-corrected chi connectivity index (χ4v) is 2.53. The molecule has 0 saturated heterocycles. The van der Waals surface area contributed by atoms with Gasteiger partial charge in [0.25, 0.3) is 0 Å². The highest BCUT2D eigenvalue weighted by Crippen LogP contribution is 2.24. The standard InChI is InChI=1S/C18H22FN/c1-13(2)12-14-8-10-15(11-9-14)18(20-3)16-6-4-5-7-17(16)19/h4-11,13,18,20H,12H2,1-3H3. The number of hydrogen-bond donors (Lipinski definition) is 1. The molecule has 0 spiro atoms. The van der Waals surface area contributed by atoms with E-state index >= 15 is 0 Å². The van der Waals surface area contributed by atoms with Crippen LogP contribution in [0.2, 0.25) is 0 Å². The van der Waals surface area contributed by atoms with Crippen molar-refractivity contribution >= 4 is 0 Å². The molecule has 0 heterocycles. The first kappa shape index (κ1) is 14.7. The fraction of sp³-hybridized carbons (Fsp3) is 0.333. The van der Waals surface area contributed by atoms with Crippen LogP contribution in [0.4, 0.5) is 4.39 Å². The van der Waals surface area contributed by atoms with E-state index < -0.39 is 0 Å². The maximum Gasteiger partial charge on any atom is 0.128 e. The van der Waals surface area contributed by atoms with Gasteiger partial charge in [0.1, 0.15) is 5.82 Å². The summed E-state index contributed by atoms with van der Waals surface area (Å²) in [6, 6.07) is 15.3. The van der Waals surface area contributed by atoms with Crippen molar-refractivity contribution in [3.05, 3.63) is 71.0 Å². The third-order valence-electron chi connectivity index (χ3n) is 3.46. The van der Waals surface area contributed by atoms with Gasteiger partial charge in [-0.05, 0) is 36.6 Å². The zero-order chi connectivity index (χ0) is 14.5. The third-order valence-corrected chi connectivity index (χ3v) is 3.46. The number of rotatable bonds is 5. The molecular formula is C18H22FN. The SMILES string of the molecule is CNC(c1ccc(CC(C)C)cc1)c1ccccc1F. The van der Waals surface area contributed by atoms with Crippen molar-refractivity contribution in [2.75, 3.05) is 7.05 Å². The molecule has 2 aromatic carbocycles. The number of hydrogen-bond acceptors (Lipinski definition) is 1. The number of halogens is 1. The van der Waals surface area contributed by atoms with E-state index in [0.717, 1.165) is 12.0 Å². The molecule has 2 aromatic rings. The van der Waals surface area contributed by atoms with Gasteiger partial charge in [0.05, 0.1) is 6.04 Å². The summed E-state index contributed by atoms with van der Waals surface area (Å²) < 4.78 is 13.9. The van der Waals surface area contributed by atoms with Crippen molar-refractivity contribution in [2.45, 2.75) is 26.3 Å². The molecule has 1 nitrogen and oxygen atoms in total. The van der Waals surface area contributed by atoms with Crippen LogP contribution in [-0.4, -0.2) is 7.05 Å². The minimum atomic E-state index is -0.168. The molecule has 1 N–H and O–H groups in total. The lowest BCUT2D eigenvalue weighted by Crippen LogP contribution is -2.18. The quantitative estimate of drug-likeness (QED) is 0.853. The van der Waals surface area contributed by atoms with Crippen molar-refractivity contribution in [3.63, 3.8) is 0 Å². The van der Waals surface area contributed by atoms with Gasteiger partial charge >= 0.3 is 0 Å². The van der Waals surface area contributed by atoms with Crippen molar-refractivity contribution in [1.29, 1.82) is 0 Å². The van der Waals surface area contributed by atoms with Gasteiger partial charge in [0, 0.05) is 5.56 Å². The Morgan fingerprint density at radius 1 is 1.00 bits per heavy atom. The summed E-state index contributed by atoms with van der Waals surface area (Å²) in [6.45, 7) is 4.42. The van der Waals surface area contributed by atoms with E-state index in [1.807, 2.05) is 19.2 Å². The van der Waals surface area contributed by atoms with E-state index in [1.54, 1.807) is 6.07 Å². The average molecular weight is 271 g/mol. The molecule has 106 valence electrons. The highest BCUT2D eigenvalue weighted by Gasteiger charge is 2.15. The van der Waals surface area contributed by atoms with Crippen molar-refractivity contribution in [2.24, 2.45) is 5.92 Å². The van der Waals surface area contributed by atoms with Gasteiger partial charge in [-0.3, -0.25) is 0 Å². The van der Waals surface area contributed by atoms with Gasteiger partial charge in [-0.25, -0.2) is 4.39 Å². The lowest BCUT2D eigenvalue weighted by Gasteiger charge is -2.18. The maximum atomic E-state index is 13.9. The summed E-state index contributed by atoms with van der Waals surface area (Å²) in [6.07, 6.45) is 1.07. The summed E-state index contributed by atoms with van der Waals surface area (Å²) in [7, 11) is 1.86. The summed E-state index contributed by atoms with van der Waals surface area (Å²) in [5, 5.41) is 3.20. The monoisotopic (exact) mass is 271 g/mol. The van der Waals surface area contributed by atoms with E-state index in [1.165, 1.54) is 11.6 Å². The molecule has 0 aliphatic heterocycles. The van der Waals surface area contributed by atoms with Crippen molar-refractivity contribution in [1.82, 2.24) is 5.32 Å². The second kappa shape index (κ2) is 6.67. The van der Waals surface area contributed by atoms with Gasteiger partial charge in [-0.15, -0.1) is 0 Å². The van der Waals surface area contributed by atoms with Crippen LogP contribution in [0.5, 0.6) is 0 Å². The first-order chi connectivity index (χ1) is 9.61. The first-order valence-corrected chi connectivity index (χ1v) is 7.12. The molecule has 0 fully saturated rings. The Bertz CT molecular complexity index is 546. The number of nitrogens with one attached hydrogen (secondary N) is 1. The Morgan fingerprint density at radius 3 is 2.20 bits per heavy atom. The summed E-state index contributed by atoms with van der Waals surface area (Å²) in [5.41, 5.74) is 3.10. The van der Waals surface area contributed by atoms with E-state index in [2.05, 4.69) is 43.4 Å². The molecule has 0 bridgehead atoms. The van der Waals surface area contributed by atoms with Crippen LogP contribution in [0.1, 0.15) is 36.6 Å². The lowest BCUT2D eigenvalue weighted by molar-refractivity contribution is 0.576. The zero-order valence-electron chi connectivity index (χ0n) is 12.4. The second-order valence-electron chi connectivity index (χ2n) is 5.58. The highest BCUT2D eigenvalue weighted by molar-refractivity contribution is 5.34. The Kier molecular flexibility index (Phi) is 4.91. The molecule has 0 saturated carbocycles. The predicted octanol–water partition coefficient (Wildman–Crippen LogP) is 4.33.